The van der Waals surface area contributed by atoms with Crippen LogP contribution in [-0.2, 0) is 11.3 Å². The van der Waals surface area contributed by atoms with Gasteiger partial charge in [0, 0.05) is 11.0 Å². The van der Waals surface area contributed by atoms with Gasteiger partial charge in [0.1, 0.15) is 5.76 Å². The molecule has 0 saturated carbocycles. The standard InChI is InChI=1S/C23H19NO3S2/c1-15-7-10-19(11-8-15)28-21-12-9-18(27-21)13-20-22(25)24(23(26)29-20)14-17-6-4-3-5-16(17)2/h3-13H,14H2,1-2H3/b20-13-. The van der Waals surface area contributed by atoms with Crippen molar-refractivity contribution in [3.05, 3.63) is 88.0 Å². The summed E-state index contributed by atoms with van der Waals surface area (Å²) < 4.78 is 5.83. The van der Waals surface area contributed by atoms with Gasteiger partial charge < -0.3 is 4.42 Å². The number of rotatable bonds is 5. The van der Waals surface area contributed by atoms with Crippen LogP contribution in [0.1, 0.15) is 22.5 Å². The van der Waals surface area contributed by atoms with Crippen molar-refractivity contribution in [3.8, 4) is 0 Å². The fraction of sp³-hybridized carbons (Fsp3) is 0.130. The van der Waals surface area contributed by atoms with Gasteiger partial charge in [0.2, 0.25) is 0 Å². The lowest BCUT2D eigenvalue weighted by molar-refractivity contribution is -0.123. The molecule has 0 atom stereocenters. The molecule has 1 aliphatic rings. The number of hydrogen-bond donors (Lipinski definition) is 0. The van der Waals surface area contributed by atoms with Crippen LogP contribution in [0, 0.1) is 13.8 Å². The third-order valence-electron chi connectivity index (χ3n) is 4.58. The lowest BCUT2D eigenvalue weighted by Gasteiger charge is -2.14. The third-order valence-corrected chi connectivity index (χ3v) is 6.41. The number of carbonyl (C=O) groups excluding carboxylic acids is 2. The minimum atomic E-state index is -0.285. The minimum absolute atomic E-state index is 0.259. The summed E-state index contributed by atoms with van der Waals surface area (Å²) in [7, 11) is 0. The quantitative estimate of drug-likeness (QED) is 0.454. The lowest BCUT2D eigenvalue weighted by Crippen LogP contribution is -2.27. The number of hydrogen-bond acceptors (Lipinski definition) is 5. The van der Waals surface area contributed by atoms with E-state index in [0.29, 0.717) is 10.7 Å². The van der Waals surface area contributed by atoms with E-state index in [2.05, 4.69) is 12.1 Å². The predicted molar refractivity (Wildman–Crippen MR) is 117 cm³/mol. The van der Waals surface area contributed by atoms with Crippen LogP contribution in [0.4, 0.5) is 4.79 Å². The zero-order valence-corrected chi connectivity index (χ0v) is 17.7. The van der Waals surface area contributed by atoms with Crippen LogP contribution in [0.25, 0.3) is 6.08 Å². The first-order valence-corrected chi connectivity index (χ1v) is 10.8. The van der Waals surface area contributed by atoms with E-state index >= 15 is 0 Å². The maximum Gasteiger partial charge on any atom is 0.293 e. The molecular formula is C23H19NO3S2. The zero-order chi connectivity index (χ0) is 20.4. The average molecular weight is 422 g/mol. The lowest BCUT2D eigenvalue weighted by atomic mass is 10.1. The Morgan fingerprint density at radius 3 is 2.52 bits per heavy atom. The molecule has 1 aromatic heterocycles. The molecule has 0 aliphatic carbocycles. The van der Waals surface area contributed by atoms with E-state index < -0.39 is 0 Å². The first-order valence-electron chi connectivity index (χ1n) is 9.14. The molecule has 0 unspecified atom stereocenters. The summed E-state index contributed by atoms with van der Waals surface area (Å²) in [6, 6.07) is 19.6. The van der Waals surface area contributed by atoms with Crippen molar-refractivity contribution in [2.75, 3.05) is 0 Å². The first-order chi connectivity index (χ1) is 14.0. The molecule has 6 heteroatoms. The fourth-order valence-electron chi connectivity index (χ4n) is 2.91. The van der Waals surface area contributed by atoms with Crippen molar-refractivity contribution in [3.63, 3.8) is 0 Å². The Balaban J connectivity index is 1.48. The zero-order valence-electron chi connectivity index (χ0n) is 16.0. The summed E-state index contributed by atoms with van der Waals surface area (Å²) >= 11 is 2.46. The Morgan fingerprint density at radius 1 is 1.00 bits per heavy atom. The number of carbonyl (C=O) groups is 2. The number of amides is 2. The van der Waals surface area contributed by atoms with Gasteiger partial charge >= 0.3 is 0 Å². The summed E-state index contributed by atoms with van der Waals surface area (Å²) in [5.41, 5.74) is 3.22. The van der Waals surface area contributed by atoms with E-state index in [1.54, 1.807) is 6.08 Å². The smallest absolute Gasteiger partial charge is 0.293 e. The number of thioether (sulfide) groups is 1. The van der Waals surface area contributed by atoms with E-state index in [-0.39, 0.29) is 17.7 Å². The highest BCUT2D eigenvalue weighted by molar-refractivity contribution is 8.18. The summed E-state index contributed by atoms with van der Waals surface area (Å²) in [5.74, 6) is 0.272. The Hall–Kier alpha value is -2.70. The molecule has 1 saturated heterocycles. The van der Waals surface area contributed by atoms with Crippen molar-refractivity contribution in [1.82, 2.24) is 4.90 Å². The summed E-state index contributed by atoms with van der Waals surface area (Å²) in [6.45, 7) is 4.30. The van der Waals surface area contributed by atoms with E-state index in [1.807, 2.05) is 62.4 Å². The molecule has 4 rings (SSSR count). The maximum atomic E-state index is 12.7. The van der Waals surface area contributed by atoms with Gasteiger partial charge in [-0.2, -0.15) is 0 Å². The van der Waals surface area contributed by atoms with Crippen LogP contribution in [0.5, 0.6) is 0 Å². The molecule has 2 amide bonds. The maximum absolute atomic E-state index is 12.7. The van der Waals surface area contributed by atoms with Crippen LogP contribution in [0.15, 0.2) is 80.0 Å². The average Bonchev–Trinajstić information content (AvgIpc) is 3.25. The van der Waals surface area contributed by atoms with E-state index in [0.717, 1.165) is 32.9 Å². The molecule has 0 radical (unpaired) electrons. The Morgan fingerprint density at radius 2 is 1.76 bits per heavy atom. The molecule has 29 heavy (non-hydrogen) atoms. The van der Waals surface area contributed by atoms with Crippen LogP contribution in [0.3, 0.4) is 0 Å². The molecule has 2 aromatic carbocycles. The molecule has 0 spiro atoms. The molecule has 2 heterocycles. The molecule has 1 fully saturated rings. The van der Waals surface area contributed by atoms with Crippen LogP contribution in [-0.4, -0.2) is 16.0 Å². The SMILES string of the molecule is Cc1ccc(Sc2ccc(/C=C3\SC(=O)N(Cc4ccccc4C)C3=O)o2)cc1. The topological polar surface area (TPSA) is 50.5 Å². The van der Waals surface area contributed by atoms with Crippen molar-refractivity contribution < 1.29 is 14.0 Å². The van der Waals surface area contributed by atoms with E-state index in [1.165, 1.54) is 22.2 Å². The highest BCUT2D eigenvalue weighted by Crippen LogP contribution is 2.35. The van der Waals surface area contributed by atoms with Gasteiger partial charge in [-0.15, -0.1) is 0 Å². The summed E-state index contributed by atoms with van der Waals surface area (Å²) in [6.07, 6.45) is 1.64. The first kappa shape index (κ1) is 19.6. The fourth-order valence-corrected chi connectivity index (χ4v) is 4.51. The molecule has 0 N–H and O–H groups in total. The van der Waals surface area contributed by atoms with Gasteiger partial charge in [0.15, 0.2) is 5.09 Å². The number of nitrogens with zero attached hydrogens (tertiary/aromatic N) is 1. The largest absolute Gasteiger partial charge is 0.450 e. The number of aryl methyl sites for hydroxylation is 2. The number of benzene rings is 2. The normalized spacial score (nSPS) is 15.5. The van der Waals surface area contributed by atoms with Gasteiger partial charge in [0.05, 0.1) is 11.4 Å². The molecule has 1 aliphatic heterocycles. The highest BCUT2D eigenvalue weighted by Gasteiger charge is 2.35. The minimum Gasteiger partial charge on any atom is -0.450 e. The number of furan rings is 1. The predicted octanol–water partition coefficient (Wildman–Crippen LogP) is 6.28. The molecule has 3 aromatic rings. The van der Waals surface area contributed by atoms with Crippen LogP contribution >= 0.6 is 23.5 Å². The van der Waals surface area contributed by atoms with Gasteiger partial charge in [-0.3, -0.25) is 14.5 Å². The summed E-state index contributed by atoms with van der Waals surface area (Å²) in [5, 5.41) is 0.476. The monoisotopic (exact) mass is 421 g/mol. The van der Waals surface area contributed by atoms with Crippen LogP contribution < -0.4 is 0 Å². The molecular weight excluding hydrogens is 402 g/mol. The number of imide groups is 1. The Kier molecular flexibility index (Phi) is 5.65. The Bertz CT molecular complexity index is 1100. The van der Waals surface area contributed by atoms with E-state index in [4.69, 9.17) is 4.42 Å². The van der Waals surface area contributed by atoms with Crippen molar-refractivity contribution in [2.45, 2.75) is 30.4 Å². The summed E-state index contributed by atoms with van der Waals surface area (Å²) in [4.78, 5) is 27.8. The second kappa shape index (κ2) is 8.35. The van der Waals surface area contributed by atoms with E-state index in [9.17, 15) is 9.59 Å². The molecule has 146 valence electrons. The van der Waals surface area contributed by atoms with Crippen molar-refractivity contribution in [1.29, 1.82) is 0 Å². The van der Waals surface area contributed by atoms with Crippen LogP contribution in [0.2, 0.25) is 0 Å². The van der Waals surface area contributed by atoms with Crippen molar-refractivity contribution in [2.24, 2.45) is 0 Å². The third kappa shape index (κ3) is 4.49. The van der Waals surface area contributed by atoms with Gasteiger partial charge in [-0.05, 0) is 61.0 Å². The molecule has 0 bridgehead atoms. The van der Waals surface area contributed by atoms with Gasteiger partial charge in [-0.1, -0.05) is 53.7 Å². The molecule has 4 nitrogen and oxygen atoms in total. The van der Waals surface area contributed by atoms with Gasteiger partial charge in [-0.25, -0.2) is 0 Å². The Labute approximate surface area is 178 Å². The second-order valence-electron chi connectivity index (χ2n) is 6.77. The van der Waals surface area contributed by atoms with Crippen molar-refractivity contribution >= 4 is 40.7 Å². The highest BCUT2D eigenvalue weighted by atomic mass is 32.2. The second-order valence-corrected chi connectivity index (χ2v) is 8.84. The van der Waals surface area contributed by atoms with Gasteiger partial charge in [0.25, 0.3) is 11.1 Å².